The molecule has 0 saturated carbocycles. The Morgan fingerprint density at radius 2 is 1.57 bits per heavy atom. The number of likely N-dealkylation sites (tertiary alicyclic amines) is 1. The monoisotopic (exact) mass is 629 g/mol. The summed E-state index contributed by atoms with van der Waals surface area (Å²) in [7, 11) is 0. The molecule has 3 aromatic rings. The van der Waals surface area contributed by atoms with E-state index in [4.69, 9.17) is 18.9 Å². The van der Waals surface area contributed by atoms with E-state index in [1.54, 1.807) is 0 Å². The van der Waals surface area contributed by atoms with Crippen LogP contribution in [0.5, 0.6) is 0 Å². The van der Waals surface area contributed by atoms with E-state index >= 15 is 0 Å². The zero-order chi connectivity index (χ0) is 31.9. The number of aliphatic hydroxyl groups excluding tert-OH is 1. The van der Waals surface area contributed by atoms with Crippen LogP contribution in [-0.2, 0) is 48.3 Å². The number of amides is 3. The molecule has 242 valence electrons. The number of hydrogen-bond donors (Lipinski definition) is 2. The Bertz CT molecular complexity index is 1480. The number of aliphatic hydroxyl groups is 1. The average Bonchev–Trinajstić information content (AvgIpc) is 3.35. The maximum Gasteiger partial charge on any atom is 0.408 e. The van der Waals surface area contributed by atoms with Crippen molar-refractivity contribution in [1.29, 1.82) is 0 Å². The molecule has 3 heterocycles. The van der Waals surface area contributed by atoms with Crippen molar-refractivity contribution in [3.8, 4) is 0 Å². The van der Waals surface area contributed by atoms with Gasteiger partial charge in [-0.2, -0.15) is 0 Å². The molecule has 0 aliphatic carbocycles. The van der Waals surface area contributed by atoms with E-state index < -0.39 is 24.3 Å². The summed E-state index contributed by atoms with van der Waals surface area (Å²) in [4.78, 5) is 41.6. The number of imide groups is 1. The summed E-state index contributed by atoms with van der Waals surface area (Å²) in [5, 5.41) is 12.0. The highest BCUT2D eigenvalue weighted by molar-refractivity contribution is 6.06. The van der Waals surface area contributed by atoms with Gasteiger partial charge in [0.25, 0.3) is 5.91 Å². The van der Waals surface area contributed by atoms with Gasteiger partial charge >= 0.3 is 6.09 Å². The fraction of sp³-hybridized carbons (Fsp3) is 0.400. The molecule has 0 aromatic heterocycles. The minimum Gasteiger partial charge on any atom is -0.445 e. The van der Waals surface area contributed by atoms with E-state index in [-0.39, 0.29) is 44.3 Å². The normalized spacial score (nSPS) is 23.8. The summed E-state index contributed by atoms with van der Waals surface area (Å²) >= 11 is 0. The van der Waals surface area contributed by atoms with E-state index in [2.05, 4.69) is 10.2 Å². The lowest BCUT2D eigenvalue weighted by molar-refractivity contribution is -0.253. The van der Waals surface area contributed by atoms with Crippen LogP contribution < -0.4 is 5.32 Å². The molecule has 0 spiro atoms. The molecule has 3 fully saturated rings. The lowest BCUT2D eigenvalue weighted by Gasteiger charge is -2.39. The van der Waals surface area contributed by atoms with Gasteiger partial charge in [-0.15, -0.1) is 0 Å². The van der Waals surface area contributed by atoms with Crippen LogP contribution in [0, 0.1) is 0 Å². The van der Waals surface area contributed by atoms with Crippen LogP contribution in [0.4, 0.5) is 4.79 Å². The Kier molecular flexibility index (Phi) is 10.4. The van der Waals surface area contributed by atoms with Crippen LogP contribution in [0.25, 0.3) is 0 Å². The molecule has 6 rings (SSSR count). The van der Waals surface area contributed by atoms with Crippen LogP contribution >= 0.6 is 0 Å². The summed E-state index contributed by atoms with van der Waals surface area (Å²) in [5.41, 5.74) is 4.27. The van der Waals surface area contributed by atoms with Crippen molar-refractivity contribution in [2.45, 2.75) is 57.1 Å². The highest BCUT2D eigenvalue weighted by Gasteiger charge is 2.40. The Morgan fingerprint density at radius 3 is 2.28 bits per heavy atom. The van der Waals surface area contributed by atoms with Gasteiger partial charge < -0.3 is 29.4 Å². The number of alkyl carbamates (subject to hydrolysis) is 1. The van der Waals surface area contributed by atoms with E-state index in [9.17, 15) is 19.5 Å². The number of carbonyl (C=O) groups is 3. The van der Waals surface area contributed by atoms with E-state index in [0.29, 0.717) is 19.6 Å². The molecule has 46 heavy (non-hydrogen) atoms. The number of rotatable bonds is 10. The molecule has 3 saturated heterocycles. The van der Waals surface area contributed by atoms with Crippen molar-refractivity contribution in [1.82, 2.24) is 15.1 Å². The number of carbonyl (C=O) groups excluding carboxylic acids is 3. The Morgan fingerprint density at radius 1 is 0.870 bits per heavy atom. The third kappa shape index (κ3) is 7.98. The maximum absolute atomic E-state index is 13.0. The van der Waals surface area contributed by atoms with Crippen molar-refractivity contribution in [2.24, 2.45) is 0 Å². The number of nitrogens with one attached hydrogen (secondary N) is 1. The van der Waals surface area contributed by atoms with Gasteiger partial charge in [-0.3, -0.25) is 19.4 Å². The average molecular weight is 630 g/mol. The molecule has 3 amide bonds. The maximum atomic E-state index is 13.0. The van der Waals surface area contributed by atoms with Crippen molar-refractivity contribution in [2.75, 3.05) is 32.8 Å². The van der Waals surface area contributed by atoms with E-state index in [1.165, 1.54) is 0 Å². The molecule has 2 N–H and O–H groups in total. The molecule has 0 radical (unpaired) electrons. The molecule has 3 aromatic carbocycles. The second-order valence-corrected chi connectivity index (χ2v) is 11.8. The molecule has 3 aliphatic rings. The lowest BCUT2D eigenvalue weighted by Crippen LogP contribution is -2.44. The van der Waals surface area contributed by atoms with Crippen molar-refractivity contribution in [3.05, 3.63) is 107 Å². The summed E-state index contributed by atoms with van der Waals surface area (Å²) < 4.78 is 23.7. The summed E-state index contributed by atoms with van der Waals surface area (Å²) in [6.07, 6.45) is -1.04. The van der Waals surface area contributed by atoms with Gasteiger partial charge in [0, 0.05) is 31.6 Å². The predicted octanol–water partition coefficient (Wildman–Crippen LogP) is 3.61. The first-order valence-corrected chi connectivity index (χ1v) is 15.7. The molecular formula is C35H39N3O8. The third-order valence-corrected chi connectivity index (χ3v) is 8.52. The molecule has 3 aliphatic heterocycles. The SMILES string of the molecule is O=C(NC1CC(=O)N(Cc2ccc([C@H]3O[C@@H](CN4CCOCC4)C[C@@H](c4ccc(CO)cc4)O3)cc2)C1=O)OCc1ccccc1. The number of morpholine rings is 1. The summed E-state index contributed by atoms with van der Waals surface area (Å²) in [6.45, 7) is 4.02. The quantitative estimate of drug-likeness (QED) is 0.324. The topological polar surface area (TPSA) is 127 Å². The smallest absolute Gasteiger partial charge is 0.408 e. The van der Waals surface area contributed by atoms with Gasteiger partial charge in [0.2, 0.25) is 5.91 Å². The zero-order valence-corrected chi connectivity index (χ0v) is 25.6. The zero-order valence-electron chi connectivity index (χ0n) is 25.6. The van der Waals surface area contributed by atoms with Crippen LogP contribution in [0.15, 0.2) is 78.9 Å². The second-order valence-electron chi connectivity index (χ2n) is 11.8. The van der Waals surface area contributed by atoms with E-state index in [0.717, 1.165) is 52.4 Å². The van der Waals surface area contributed by atoms with E-state index in [1.807, 2.05) is 78.9 Å². The number of benzene rings is 3. The highest BCUT2D eigenvalue weighted by atomic mass is 16.7. The molecule has 1 unspecified atom stereocenters. The highest BCUT2D eigenvalue weighted by Crippen LogP contribution is 2.38. The number of nitrogens with zero attached hydrogens (tertiary/aromatic N) is 2. The molecular weight excluding hydrogens is 590 g/mol. The lowest BCUT2D eigenvalue weighted by atomic mass is 9.99. The van der Waals surface area contributed by atoms with Crippen LogP contribution in [0.1, 0.15) is 53.1 Å². The van der Waals surface area contributed by atoms with Gasteiger partial charge in [-0.25, -0.2) is 4.79 Å². The fourth-order valence-corrected chi connectivity index (χ4v) is 5.94. The molecule has 11 heteroatoms. The first-order valence-electron chi connectivity index (χ1n) is 15.7. The number of ether oxygens (including phenoxy) is 4. The van der Waals surface area contributed by atoms with Gasteiger partial charge in [-0.1, -0.05) is 78.9 Å². The molecule has 4 atom stereocenters. The first kappa shape index (κ1) is 31.8. The van der Waals surface area contributed by atoms with Gasteiger partial charge in [0.15, 0.2) is 6.29 Å². The van der Waals surface area contributed by atoms with Crippen molar-refractivity contribution >= 4 is 17.9 Å². The fourth-order valence-electron chi connectivity index (χ4n) is 5.94. The Balaban J connectivity index is 1.08. The van der Waals surface area contributed by atoms with Crippen LogP contribution in [-0.4, -0.2) is 77.8 Å². The van der Waals surface area contributed by atoms with Crippen molar-refractivity contribution in [3.63, 3.8) is 0 Å². The van der Waals surface area contributed by atoms with Crippen LogP contribution in [0.3, 0.4) is 0 Å². The largest absolute Gasteiger partial charge is 0.445 e. The third-order valence-electron chi connectivity index (χ3n) is 8.52. The summed E-state index contributed by atoms with van der Waals surface area (Å²) in [5.74, 6) is -0.826. The molecule has 11 nitrogen and oxygen atoms in total. The second kappa shape index (κ2) is 15.0. The van der Waals surface area contributed by atoms with Gasteiger partial charge in [-0.05, 0) is 22.3 Å². The minimum absolute atomic E-state index is 0.0172. The summed E-state index contributed by atoms with van der Waals surface area (Å²) in [6, 6.07) is 23.5. The molecule has 0 bridgehead atoms. The van der Waals surface area contributed by atoms with Crippen LogP contribution in [0.2, 0.25) is 0 Å². The van der Waals surface area contributed by atoms with Gasteiger partial charge in [0.05, 0.1) is 45.0 Å². The first-order chi connectivity index (χ1) is 22.4. The predicted molar refractivity (Wildman–Crippen MR) is 166 cm³/mol. The minimum atomic E-state index is -0.967. The Labute approximate surface area is 268 Å². The Hall–Kier alpha value is -4.13. The number of hydrogen-bond acceptors (Lipinski definition) is 9. The standard InChI is InChI=1S/C35H39N3O8/c39-22-25-8-10-27(11-9-25)31-18-29(21-37-14-16-43-17-15-37)45-34(46-31)28-12-6-24(7-13-28)20-38-32(40)19-30(33(38)41)36-35(42)44-23-26-4-2-1-3-5-26/h1-13,29-31,34,39H,14-23H2,(H,36,42)/t29-,30?,31+,34+/m1/s1. The van der Waals surface area contributed by atoms with Gasteiger partial charge in [0.1, 0.15) is 12.6 Å². The van der Waals surface area contributed by atoms with Crippen molar-refractivity contribution < 1.29 is 38.4 Å².